The first-order valence-electron chi connectivity index (χ1n) is 7.45. The third-order valence-corrected chi connectivity index (χ3v) is 4.89. The topological polar surface area (TPSA) is 29.5 Å². The molecule has 2 aromatic carbocycles. The molecule has 2 aliphatic rings. The van der Waals surface area contributed by atoms with Gasteiger partial charge in [-0.3, -0.25) is 0 Å². The van der Waals surface area contributed by atoms with Crippen molar-refractivity contribution in [3.05, 3.63) is 63.6 Å². The molecule has 1 heterocycles. The fourth-order valence-electron chi connectivity index (χ4n) is 3.18. The molecule has 2 nitrogen and oxygen atoms in total. The molecule has 2 atom stereocenters. The largest absolute Gasteiger partial charge is 0.485 e. The Bertz CT molecular complexity index is 679. The zero-order valence-corrected chi connectivity index (χ0v) is 13.2. The maximum Gasteiger partial charge on any atom is 0.127 e. The van der Waals surface area contributed by atoms with Crippen LogP contribution < -0.4 is 4.74 Å². The van der Waals surface area contributed by atoms with Gasteiger partial charge < -0.3 is 9.84 Å². The lowest BCUT2D eigenvalue weighted by Crippen LogP contribution is -2.20. The molecule has 21 heavy (non-hydrogen) atoms. The summed E-state index contributed by atoms with van der Waals surface area (Å²) in [7, 11) is 0. The van der Waals surface area contributed by atoms with Crippen LogP contribution in [-0.2, 0) is 0 Å². The van der Waals surface area contributed by atoms with Gasteiger partial charge >= 0.3 is 0 Å². The van der Waals surface area contributed by atoms with Crippen molar-refractivity contribution in [2.24, 2.45) is 0 Å². The molecule has 1 fully saturated rings. The molecule has 0 amide bonds. The fraction of sp³-hybridized carbons (Fsp3) is 0.333. The molecule has 1 aliphatic heterocycles. The second-order valence-electron chi connectivity index (χ2n) is 5.94. The zero-order chi connectivity index (χ0) is 14.4. The molecule has 1 aliphatic carbocycles. The minimum absolute atomic E-state index is 0.0569. The number of fused-ring (bicyclic) bond motifs is 1. The summed E-state index contributed by atoms with van der Waals surface area (Å²) in [5.74, 6) is 1.48. The SMILES string of the molecule is OC1CC(c2ccccc2C2CC2)Oc2cc(Br)ccc21. The van der Waals surface area contributed by atoms with Gasteiger partial charge in [-0.05, 0) is 42.0 Å². The molecule has 2 unspecified atom stereocenters. The molecule has 0 radical (unpaired) electrons. The van der Waals surface area contributed by atoms with E-state index in [-0.39, 0.29) is 6.10 Å². The molecule has 0 spiro atoms. The van der Waals surface area contributed by atoms with Crippen molar-refractivity contribution < 1.29 is 9.84 Å². The first-order valence-corrected chi connectivity index (χ1v) is 8.24. The Morgan fingerprint density at radius 2 is 1.76 bits per heavy atom. The molecule has 4 rings (SSSR count). The van der Waals surface area contributed by atoms with Crippen LogP contribution in [0.5, 0.6) is 5.75 Å². The van der Waals surface area contributed by atoms with Crippen molar-refractivity contribution >= 4 is 15.9 Å². The van der Waals surface area contributed by atoms with Crippen LogP contribution in [0.1, 0.15) is 54.1 Å². The molecule has 1 N–H and O–H groups in total. The Labute approximate surface area is 132 Å². The summed E-state index contributed by atoms with van der Waals surface area (Å²) in [4.78, 5) is 0. The average molecular weight is 345 g/mol. The van der Waals surface area contributed by atoms with Crippen molar-refractivity contribution in [2.45, 2.75) is 37.4 Å². The molecular weight excluding hydrogens is 328 g/mol. The number of benzene rings is 2. The third-order valence-electron chi connectivity index (χ3n) is 4.40. The molecular formula is C18H17BrO2. The predicted molar refractivity (Wildman–Crippen MR) is 85.5 cm³/mol. The average Bonchev–Trinajstić information content (AvgIpc) is 3.31. The van der Waals surface area contributed by atoms with Crippen molar-refractivity contribution in [3.63, 3.8) is 0 Å². The Morgan fingerprint density at radius 1 is 1.00 bits per heavy atom. The van der Waals surface area contributed by atoms with Gasteiger partial charge in [-0.25, -0.2) is 0 Å². The van der Waals surface area contributed by atoms with Crippen molar-refractivity contribution in [3.8, 4) is 5.75 Å². The van der Waals surface area contributed by atoms with Gasteiger partial charge in [0.2, 0.25) is 0 Å². The molecule has 0 bridgehead atoms. The van der Waals surface area contributed by atoms with Crippen LogP contribution in [0, 0.1) is 0 Å². The summed E-state index contributed by atoms with van der Waals surface area (Å²) >= 11 is 3.47. The second kappa shape index (κ2) is 5.15. The quantitative estimate of drug-likeness (QED) is 0.840. The first-order chi connectivity index (χ1) is 10.2. The van der Waals surface area contributed by atoms with Crippen LogP contribution in [-0.4, -0.2) is 5.11 Å². The van der Waals surface area contributed by atoms with Gasteiger partial charge in [0.1, 0.15) is 11.9 Å². The van der Waals surface area contributed by atoms with Gasteiger partial charge in [0.15, 0.2) is 0 Å². The van der Waals surface area contributed by atoms with Crippen molar-refractivity contribution in [1.82, 2.24) is 0 Å². The van der Waals surface area contributed by atoms with E-state index in [4.69, 9.17) is 4.74 Å². The monoisotopic (exact) mass is 344 g/mol. The van der Waals surface area contributed by atoms with Gasteiger partial charge in [-0.15, -0.1) is 0 Å². The zero-order valence-electron chi connectivity index (χ0n) is 11.6. The number of halogens is 1. The van der Waals surface area contributed by atoms with Gasteiger partial charge in [0.05, 0.1) is 6.10 Å². The highest BCUT2D eigenvalue weighted by Crippen LogP contribution is 2.47. The Hall–Kier alpha value is -1.32. The summed E-state index contributed by atoms with van der Waals surface area (Å²) in [5.41, 5.74) is 3.52. The molecule has 2 aromatic rings. The lowest BCUT2D eigenvalue weighted by atomic mass is 9.91. The summed E-state index contributed by atoms with van der Waals surface area (Å²) < 4.78 is 7.17. The van der Waals surface area contributed by atoms with Crippen LogP contribution in [0.2, 0.25) is 0 Å². The van der Waals surface area contributed by atoms with Crippen LogP contribution in [0.3, 0.4) is 0 Å². The number of aliphatic hydroxyl groups is 1. The minimum atomic E-state index is -0.459. The summed E-state index contributed by atoms with van der Waals surface area (Å²) in [5, 5.41) is 10.4. The summed E-state index contributed by atoms with van der Waals surface area (Å²) in [6.45, 7) is 0. The van der Waals surface area contributed by atoms with Gasteiger partial charge in [0, 0.05) is 16.5 Å². The van der Waals surface area contributed by atoms with Gasteiger partial charge in [0.25, 0.3) is 0 Å². The van der Waals surface area contributed by atoms with Gasteiger partial charge in [-0.1, -0.05) is 46.3 Å². The third kappa shape index (κ3) is 2.49. The lowest BCUT2D eigenvalue weighted by molar-refractivity contribution is 0.0652. The summed E-state index contributed by atoms with van der Waals surface area (Å²) in [6, 6.07) is 14.4. The fourth-order valence-corrected chi connectivity index (χ4v) is 3.52. The van der Waals surface area contributed by atoms with Crippen LogP contribution in [0.15, 0.2) is 46.9 Å². The number of rotatable bonds is 2. The van der Waals surface area contributed by atoms with E-state index >= 15 is 0 Å². The van der Waals surface area contributed by atoms with Crippen molar-refractivity contribution in [2.75, 3.05) is 0 Å². The molecule has 108 valence electrons. The maximum absolute atomic E-state index is 10.4. The minimum Gasteiger partial charge on any atom is -0.485 e. The number of aliphatic hydroxyl groups excluding tert-OH is 1. The second-order valence-corrected chi connectivity index (χ2v) is 6.86. The molecule has 0 saturated heterocycles. The Kier molecular flexibility index (Phi) is 3.27. The van der Waals surface area contributed by atoms with E-state index in [0.717, 1.165) is 15.8 Å². The smallest absolute Gasteiger partial charge is 0.127 e. The highest BCUT2D eigenvalue weighted by Gasteiger charge is 2.33. The highest BCUT2D eigenvalue weighted by atomic mass is 79.9. The normalized spacial score (nSPS) is 24.3. The van der Waals surface area contributed by atoms with E-state index in [9.17, 15) is 5.11 Å². The van der Waals surface area contributed by atoms with E-state index in [2.05, 4.69) is 40.2 Å². The molecule has 3 heteroatoms. The number of hydrogen-bond acceptors (Lipinski definition) is 2. The standard InChI is InChI=1S/C18H17BrO2/c19-12-7-8-15-16(20)10-18(21-17(15)9-12)14-4-2-1-3-13(14)11-5-6-11/h1-4,7-9,11,16,18,20H,5-6,10H2. The molecule has 1 saturated carbocycles. The van der Waals surface area contributed by atoms with Crippen molar-refractivity contribution in [1.29, 1.82) is 0 Å². The first kappa shape index (κ1) is 13.4. The van der Waals surface area contributed by atoms with E-state index in [1.807, 2.05) is 18.2 Å². The molecule has 0 aromatic heterocycles. The van der Waals surface area contributed by atoms with Crippen LogP contribution in [0.25, 0.3) is 0 Å². The maximum atomic E-state index is 10.4. The number of ether oxygens (including phenoxy) is 1. The highest BCUT2D eigenvalue weighted by molar-refractivity contribution is 9.10. The van der Waals surface area contributed by atoms with E-state index in [0.29, 0.717) is 12.3 Å². The van der Waals surface area contributed by atoms with Crippen LogP contribution in [0.4, 0.5) is 0 Å². The van der Waals surface area contributed by atoms with E-state index in [1.165, 1.54) is 24.0 Å². The Balaban J connectivity index is 1.72. The Morgan fingerprint density at radius 3 is 2.52 bits per heavy atom. The predicted octanol–water partition coefficient (Wildman–Crippen LogP) is 4.88. The summed E-state index contributed by atoms with van der Waals surface area (Å²) in [6.07, 6.45) is 2.65. The van der Waals surface area contributed by atoms with E-state index < -0.39 is 6.10 Å². The van der Waals surface area contributed by atoms with E-state index in [1.54, 1.807) is 0 Å². The number of hydrogen-bond donors (Lipinski definition) is 1. The van der Waals surface area contributed by atoms with Crippen LogP contribution >= 0.6 is 15.9 Å². The lowest BCUT2D eigenvalue weighted by Gasteiger charge is -2.31. The van der Waals surface area contributed by atoms with Gasteiger partial charge in [-0.2, -0.15) is 0 Å².